The molecule has 0 saturated heterocycles. The number of pyridine rings is 1. The van der Waals surface area contributed by atoms with E-state index in [2.05, 4.69) is 22.0 Å². The van der Waals surface area contributed by atoms with Crippen LogP contribution in [0.25, 0.3) is 11.5 Å². The van der Waals surface area contributed by atoms with Crippen LogP contribution in [0.3, 0.4) is 0 Å². The molecule has 2 N–H and O–H groups in total. The fourth-order valence-electron chi connectivity index (χ4n) is 2.62. The highest BCUT2D eigenvalue weighted by Crippen LogP contribution is 2.34. The second kappa shape index (κ2) is 4.99. The average Bonchev–Trinajstić information content (AvgIpc) is 2.89. The minimum Gasteiger partial charge on any atom is -0.384 e. The van der Waals surface area contributed by atoms with Crippen molar-refractivity contribution in [2.75, 3.05) is 5.73 Å². The van der Waals surface area contributed by atoms with Crippen LogP contribution in [0.15, 0.2) is 22.9 Å². The molecule has 100 valence electrons. The predicted octanol–water partition coefficient (Wildman–Crippen LogP) is 3.01. The molecule has 1 fully saturated rings. The minimum absolute atomic E-state index is 0.438. The first-order chi connectivity index (χ1) is 9.22. The van der Waals surface area contributed by atoms with Crippen LogP contribution in [0.1, 0.15) is 44.3 Å². The van der Waals surface area contributed by atoms with Crippen molar-refractivity contribution in [1.29, 1.82) is 0 Å². The SMILES string of the molecule is CC1CCC(c2noc(-c3ccnc(N)c3)n2)CC1. The zero-order valence-corrected chi connectivity index (χ0v) is 11.0. The third-order valence-corrected chi connectivity index (χ3v) is 3.85. The van der Waals surface area contributed by atoms with Crippen LogP contribution < -0.4 is 5.73 Å². The summed E-state index contributed by atoms with van der Waals surface area (Å²) in [6, 6.07) is 3.58. The van der Waals surface area contributed by atoms with Crippen LogP contribution in [0, 0.1) is 5.92 Å². The molecule has 1 aliphatic rings. The number of anilines is 1. The smallest absolute Gasteiger partial charge is 0.258 e. The lowest BCUT2D eigenvalue weighted by Gasteiger charge is -2.23. The maximum Gasteiger partial charge on any atom is 0.258 e. The van der Waals surface area contributed by atoms with E-state index in [0.29, 0.717) is 17.6 Å². The Morgan fingerprint density at radius 1 is 1.26 bits per heavy atom. The van der Waals surface area contributed by atoms with Gasteiger partial charge in [0.15, 0.2) is 5.82 Å². The average molecular weight is 258 g/mol. The molecular formula is C14H18N4O. The zero-order chi connectivity index (χ0) is 13.2. The van der Waals surface area contributed by atoms with Crippen molar-refractivity contribution in [3.63, 3.8) is 0 Å². The standard InChI is InChI=1S/C14H18N4O/c1-9-2-4-10(5-3-9)13-17-14(19-18-13)11-6-7-16-12(15)8-11/h6-10H,2-5H2,1H3,(H2,15,16). The first-order valence-electron chi connectivity index (χ1n) is 6.78. The van der Waals surface area contributed by atoms with Gasteiger partial charge in [-0.15, -0.1) is 0 Å². The van der Waals surface area contributed by atoms with Crippen LogP contribution >= 0.6 is 0 Å². The van der Waals surface area contributed by atoms with Gasteiger partial charge in [0.25, 0.3) is 5.89 Å². The third kappa shape index (κ3) is 2.59. The Morgan fingerprint density at radius 3 is 2.79 bits per heavy atom. The number of nitrogen functional groups attached to an aromatic ring is 1. The molecule has 0 radical (unpaired) electrons. The van der Waals surface area contributed by atoms with Crippen molar-refractivity contribution in [1.82, 2.24) is 15.1 Å². The van der Waals surface area contributed by atoms with Crippen LogP contribution in [-0.4, -0.2) is 15.1 Å². The number of rotatable bonds is 2. The molecule has 5 heteroatoms. The third-order valence-electron chi connectivity index (χ3n) is 3.85. The van der Waals surface area contributed by atoms with Crippen LogP contribution in [0.2, 0.25) is 0 Å². The van der Waals surface area contributed by atoms with Crippen molar-refractivity contribution >= 4 is 5.82 Å². The maximum atomic E-state index is 5.66. The van der Waals surface area contributed by atoms with E-state index in [1.807, 2.05) is 6.07 Å². The Kier molecular flexibility index (Phi) is 3.19. The van der Waals surface area contributed by atoms with Crippen LogP contribution in [0.4, 0.5) is 5.82 Å². The summed E-state index contributed by atoms with van der Waals surface area (Å²) in [5.74, 6) is 3.08. The molecular weight excluding hydrogens is 240 g/mol. The monoisotopic (exact) mass is 258 g/mol. The van der Waals surface area contributed by atoms with E-state index < -0.39 is 0 Å². The molecule has 0 spiro atoms. The van der Waals surface area contributed by atoms with Gasteiger partial charge in [-0.25, -0.2) is 4.98 Å². The van der Waals surface area contributed by atoms with E-state index in [1.54, 1.807) is 12.3 Å². The van der Waals surface area contributed by atoms with E-state index in [4.69, 9.17) is 10.3 Å². The molecule has 0 unspecified atom stereocenters. The van der Waals surface area contributed by atoms with Gasteiger partial charge in [-0.2, -0.15) is 4.98 Å². The van der Waals surface area contributed by atoms with Gasteiger partial charge in [0.05, 0.1) is 0 Å². The van der Waals surface area contributed by atoms with E-state index in [1.165, 1.54) is 12.8 Å². The van der Waals surface area contributed by atoms with Gasteiger partial charge >= 0.3 is 0 Å². The van der Waals surface area contributed by atoms with Gasteiger partial charge < -0.3 is 10.3 Å². The van der Waals surface area contributed by atoms with E-state index >= 15 is 0 Å². The van der Waals surface area contributed by atoms with E-state index in [-0.39, 0.29) is 0 Å². The number of hydrogen-bond acceptors (Lipinski definition) is 5. The Balaban J connectivity index is 1.80. The molecule has 2 aromatic heterocycles. The summed E-state index contributed by atoms with van der Waals surface area (Å²) in [7, 11) is 0. The van der Waals surface area contributed by atoms with Crippen molar-refractivity contribution in [3.05, 3.63) is 24.2 Å². The lowest BCUT2D eigenvalue weighted by molar-refractivity contribution is 0.329. The summed E-state index contributed by atoms with van der Waals surface area (Å²) < 4.78 is 5.34. The largest absolute Gasteiger partial charge is 0.384 e. The topological polar surface area (TPSA) is 77.8 Å². The van der Waals surface area contributed by atoms with Crippen molar-refractivity contribution in [3.8, 4) is 11.5 Å². The molecule has 2 heterocycles. The maximum absolute atomic E-state index is 5.66. The molecule has 1 aliphatic carbocycles. The van der Waals surface area contributed by atoms with E-state index in [0.717, 1.165) is 30.1 Å². The Morgan fingerprint density at radius 2 is 2.05 bits per heavy atom. The molecule has 19 heavy (non-hydrogen) atoms. The molecule has 0 atom stereocenters. The fraction of sp³-hybridized carbons (Fsp3) is 0.500. The fourth-order valence-corrected chi connectivity index (χ4v) is 2.62. The van der Waals surface area contributed by atoms with Gasteiger partial charge in [-0.1, -0.05) is 24.9 Å². The number of hydrogen-bond donors (Lipinski definition) is 1. The Labute approximate surface area is 112 Å². The number of aromatic nitrogens is 3. The summed E-state index contributed by atoms with van der Waals surface area (Å²) in [5.41, 5.74) is 6.49. The highest BCUT2D eigenvalue weighted by molar-refractivity contribution is 5.56. The highest BCUT2D eigenvalue weighted by Gasteiger charge is 2.24. The van der Waals surface area contributed by atoms with Gasteiger partial charge in [0, 0.05) is 17.7 Å². The summed E-state index contributed by atoms with van der Waals surface area (Å²) in [5, 5.41) is 4.12. The minimum atomic E-state index is 0.438. The summed E-state index contributed by atoms with van der Waals surface area (Å²) in [4.78, 5) is 8.47. The molecule has 0 amide bonds. The van der Waals surface area contributed by atoms with Gasteiger partial charge in [0.2, 0.25) is 0 Å². The van der Waals surface area contributed by atoms with Gasteiger partial charge in [0.1, 0.15) is 5.82 Å². The van der Waals surface area contributed by atoms with Gasteiger partial charge in [-0.05, 0) is 30.9 Å². The molecule has 0 aliphatic heterocycles. The predicted molar refractivity (Wildman–Crippen MR) is 72.3 cm³/mol. The van der Waals surface area contributed by atoms with Crippen LogP contribution in [-0.2, 0) is 0 Å². The lowest BCUT2D eigenvalue weighted by Crippen LogP contribution is -2.11. The summed E-state index contributed by atoms with van der Waals surface area (Å²) in [6.45, 7) is 2.30. The lowest BCUT2D eigenvalue weighted by atomic mass is 9.83. The second-order valence-electron chi connectivity index (χ2n) is 5.38. The molecule has 0 bridgehead atoms. The summed E-state index contributed by atoms with van der Waals surface area (Å²) >= 11 is 0. The molecule has 5 nitrogen and oxygen atoms in total. The Bertz CT molecular complexity index is 558. The molecule has 2 aromatic rings. The molecule has 3 rings (SSSR count). The Hall–Kier alpha value is -1.91. The molecule has 1 saturated carbocycles. The first kappa shape index (κ1) is 12.1. The van der Waals surface area contributed by atoms with Crippen LogP contribution in [0.5, 0.6) is 0 Å². The quantitative estimate of drug-likeness (QED) is 0.895. The van der Waals surface area contributed by atoms with Crippen molar-refractivity contribution in [2.45, 2.75) is 38.5 Å². The number of nitrogens with zero attached hydrogens (tertiary/aromatic N) is 3. The molecule has 0 aromatic carbocycles. The van der Waals surface area contributed by atoms with E-state index in [9.17, 15) is 0 Å². The summed E-state index contributed by atoms with van der Waals surface area (Å²) in [6.07, 6.45) is 6.45. The highest BCUT2D eigenvalue weighted by atomic mass is 16.5. The van der Waals surface area contributed by atoms with Crippen molar-refractivity contribution < 1.29 is 4.52 Å². The second-order valence-corrected chi connectivity index (χ2v) is 5.38. The van der Waals surface area contributed by atoms with Gasteiger partial charge in [-0.3, -0.25) is 0 Å². The number of nitrogens with two attached hydrogens (primary N) is 1. The zero-order valence-electron chi connectivity index (χ0n) is 11.0. The van der Waals surface area contributed by atoms with Crippen molar-refractivity contribution in [2.24, 2.45) is 5.92 Å². The normalized spacial score (nSPS) is 23.4. The first-order valence-corrected chi connectivity index (χ1v) is 6.78.